The van der Waals surface area contributed by atoms with Crippen molar-refractivity contribution >= 4 is 0 Å². The zero-order chi connectivity index (χ0) is 10.0. The van der Waals surface area contributed by atoms with Crippen LogP contribution in [0.2, 0.25) is 0 Å². The van der Waals surface area contributed by atoms with Crippen LogP contribution in [-0.2, 0) is 0 Å². The Morgan fingerprint density at radius 2 is 2.07 bits per heavy atom. The van der Waals surface area contributed by atoms with E-state index in [4.69, 9.17) is 0 Å². The Kier molecular flexibility index (Phi) is 2.64. The lowest BCUT2D eigenvalue weighted by atomic mass is 9.70. The van der Waals surface area contributed by atoms with Gasteiger partial charge in [0.05, 0.1) is 6.10 Å². The second kappa shape index (κ2) is 3.77. The number of rotatable bonds is 2. The van der Waals surface area contributed by atoms with Gasteiger partial charge in [0.15, 0.2) is 0 Å². The minimum atomic E-state index is -0.297. The van der Waals surface area contributed by atoms with Crippen LogP contribution in [0.3, 0.4) is 0 Å². The average Bonchev–Trinajstić information content (AvgIpc) is 2.70. The lowest BCUT2D eigenvalue weighted by Gasteiger charge is -2.37. The molecule has 78 valence electrons. The molecule has 1 aromatic heterocycles. The van der Waals surface area contributed by atoms with E-state index in [0.29, 0.717) is 0 Å². The van der Waals surface area contributed by atoms with Gasteiger partial charge in [0.25, 0.3) is 0 Å². The summed E-state index contributed by atoms with van der Waals surface area (Å²) in [4.78, 5) is 3.01. The van der Waals surface area contributed by atoms with E-state index in [1.165, 1.54) is 19.3 Å². The summed E-state index contributed by atoms with van der Waals surface area (Å²) in [7, 11) is 0. The molecular formula is C12H19NO. The Morgan fingerprint density at radius 3 is 2.64 bits per heavy atom. The molecule has 1 aliphatic carbocycles. The maximum absolute atomic E-state index is 10.3. The SMILES string of the molecule is CC1(C(O)c2cc[nH]c2)CCCCC1. The van der Waals surface area contributed by atoms with Crippen molar-refractivity contribution in [2.75, 3.05) is 0 Å². The van der Waals surface area contributed by atoms with E-state index in [1.54, 1.807) is 0 Å². The molecule has 1 heterocycles. The maximum atomic E-state index is 10.3. The van der Waals surface area contributed by atoms with E-state index in [-0.39, 0.29) is 11.5 Å². The summed E-state index contributed by atoms with van der Waals surface area (Å²) in [5.74, 6) is 0. The fourth-order valence-electron chi connectivity index (χ4n) is 2.54. The number of aromatic nitrogens is 1. The lowest BCUT2D eigenvalue weighted by Crippen LogP contribution is -2.27. The van der Waals surface area contributed by atoms with Crippen molar-refractivity contribution in [3.63, 3.8) is 0 Å². The third-order valence-corrected chi connectivity index (χ3v) is 3.59. The molecule has 0 aromatic carbocycles. The summed E-state index contributed by atoms with van der Waals surface area (Å²) >= 11 is 0. The van der Waals surface area contributed by atoms with Crippen LogP contribution in [0.25, 0.3) is 0 Å². The molecule has 0 saturated heterocycles. The molecule has 2 N–H and O–H groups in total. The van der Waals surface area contributed by atoms with Crippen molar-refractivity contribution in [1.29, 1.82) is 0 Å². The summed E-state index contributed by atoms with van der Waals surface area (Å²) < 4.78 is 0. The average molecular weight is 193 g/mol. The molecule has 1 unspecified atom stereocenters. The quantitative estimate of drug-likeness (QED) is 0.744. The summed E-state index contributed by atoms with van der Waals surface area (Å²) in [6, 6.07) is 1.98. The predicted molar refractivity (Wildman–Crippen MR) is 56.9 cm³/mol. The Bertz CT molecular complexity index is 273. The molecule has 1 atom stereocenters. The highest BCUT2D eigenvalue weighted by Crippen LogP contribution is 2.45. The van der Waals surface area contributed by atoms with Crippen LogP contribution in [0.5, 0.6) is 0 Å². The minimum Gasteiger partial charge on any atom is -0.388 e. The highest BCUT2D eigenvalue weighted by molar-refractivity contribution is 5.15. The van der Waals surface area contributed by atoms with Crippen molar-refractivity contribution in [3.05, 3.63) is 24.0 Å². The van der Waals surface area contributed by atoms with Gasteiger partial charge in [0, 0.05) is 12.4 Å². The summed E-state index contributed by atoms with van der Waals surface area (Å²) in [5.41, 5.74) is 1.13. The van der Waals surface area contributed by atoms with Crippen molar-refractivity contribution in [2.24, 2.45) is 5.41 Å². The zero-order valence-electron chi connectivity index (χ0n) is 8.79. The molecule has 0 amide bonds. The van der Waals surface area contributed by atoms with Gasteiger partial charge in [0.1, 0.15) is 0 Å². The van der Waals surface area contributed by atoms with Crippen LogP contribution in [0, 0.1) is 5.41 Å². The fourth-order valence-corrected chi connectivity index (χ4v) is 2.54. The van der Waals surface area contributed by atoms with Gasteiger partial charge in [-0.2, -0.15) is 0 Å². The normalized spacial score (nSPS) is 23.3. The summed E-state index contributed by atoms with van der Waals surface area (Å²) in [6.45, 7) is 2.21. The highest BCUT2D eigenvalue weighted by Gasteiger charge is 2.35. The molecule has 14 heavy (non-hydrogen) atoms. The number of aromatic amines is 1. The van der Waals surface area contributed by atoms with Crippen LogP contribution in [0.15, 0.2) is 18.5 Å². The van der Waals surface area contributed by atoms with Gasteiger partial charge in [-0.1, -0.05) is 26.2 Å². The molecule has 1 aromatic rings. The van der Waals surface area contributed by atoms with Crippen LogP contribution in [0.1, 0.15) is 50.7 Å². The smallest absolute Gasteiger partial charge is 0.0858 e. The van der Waals surface area contributed by atoms with Crippen LogP contribution in [-0.4, -0.2) is 10.1 Å². The van der Waals surface area contributed by atoms with E-state index in [2.05, 4.69) is 11.9 Å². The standard InChI is InChI=1S/C12H19NO/c1-12(6-3-2-4-7-12)11(14)10-5-8-13-9-10/h5,8-9,11,13-14H,2-4,6-7H2,1H3. The van der Waals surface area contributed by atoms with Crippen LogP contribution < -0.4 is 0 Å². The first-order valence-corrected chi connectivity index (χ1v) is 5.53. The Balaban J connectivity index is 2.13. The second-order valence-corrected chi connectivity index (χ2v) is 4.76. The van der Waals surface area contributed by atoms with E-state index in [0.717, 1.165) is 18.4 Å². The van der Waals surface area contributed by atoms with Crippen molar-refractivity contribution in [1.82, 2.24) is 4.98 Å². The third-order valence-electron chi connectivity index (χ3n) is 3.59. The number of hydrogen-bond donors (Lipinski definition) is 2. The van der Waals surface area contributed by atoms with Gasteiger partial charge in [-0.05, 0) is 29.9 Å². The van der Waals surface area contributed by atoms with E-state index in [1.807, 2.05) is 18.5 Å². The van der Waals surface area contributed by atoms with E-state index in [9.17, 15) is 5.11 Å². The first kappa shape index (κ1) is 9.78. The lowest BCUT2D eigenvalue weighted by molar-refractivity contribution is 0.00828. The Labute approximate surface area is 85.3 Å². The van der Waals surface area contributed by atoms with Gasteiger partial charge in [-0.25, -0.2) is 0 Å². The molecule has 2 nitrogen and oxygen atoms in total. The predicted octanol–water partition coefficient (Wildman–Crippen LogP) is 3.02. The Morgan fingerprint density at radius 1 is 1.36 bits per heavy atom. The van der Waals surface area contributed by atoms with Gasteiger partial charge in [-0.15, -0.1) is 0 Å². The minimum absolute atomic E-state index is 0.0977. The van der Waals surface area contributed by atoms with Crippen molar-refractivity contribution < 1.29 is 5.11 Å². The Hall–Kier alpha value is -0.760. The van der Waals surface area contributed by atoms with Crippen molar-refractivity contribution in [3.8, 4) is 0 Å². The third kappa shape index (κ3) is 1.71. The van der Waals surface area contributed by atoms with Gasteiger partial charge in [0.2, 0.25) is 0 Å². The van der Waals surface area contributed by atoms with Gasteiger partial charge in [-0.3, -0.25) is 0 Å². The van der Waals surface area contributed by atoms with Crippen molar-refractivity contribution in [2.45, 2.75) is 45.1 Å². The molecule has 2 heteroatoms. The number of nitrogens with one attached hydrogen (secondary N) is 1. The first-order valence-electron chi connectivity index (χ1n) is 5.53. The van der Waals surface area contributed by atoms with E-state index < -0.39 is 0 Å². The molecule has 0 bridgehead atoms. The monoisotopic (exact) mass is 193 g/mol. The molecule has 1 fully saturated rings. The van der Waals surface area contributed by atoms with Crippen LogP contribution in [0.4, 0.5) is 0 Å². The van der Waals surface area contributed by atoms with Gasteiger partial charge < -0.3 is 10.1 Å². The number of aliphatic hydroxyl groups is 1. The molecule has 2 rings (SSSR count). The zero-order valence-corrected chi connectivity index (χ0v) is 8.79. The molecular weight excluding hydrogens is 174 g/mol. The molecule has 1 saturated carbocycles. The summed E-state index contributed by atoms with van der Waals surface area (Å²) in [5, 5.41) is 10.3. The van der Waals surface area contributed by atoms with Crippen LogP contribution >= 0.6 is 0 Å². The fraction of sp³-hybridized carbons (Fsp3) is 0.667. The maximum Gasteiger partial charge on any atom is 0.0858 e. The number of hydrogen-bond acceptors (Lipinski definition) is 1. The van der Waals surface area contributed by atoms with E-state index >= 15 is 0 Å². The number of H-pyrrole nitrogens is 1. The summed E-state index contributed by atoms with van der Waals surface area (Å²) in [6.07, 6.45) is 9.65. The highest BCUT2D eigenvalue weighted by atomic mass is 16.3. The molecule has 1 aliphatic rings. The number of aliphatic hydroxyl groups excluding tert-OH is 1. The second-order valence-electron chi connectivity index (χ2n) is 4.76. The largest absolute Gasteiger partial charge is 0.388 e. The van der Waals surface area contributed by atoms with Gasteiger partial charge >= 0.3 is 0 Å². The first-order chi connectivity index (χ1) is 6.72. The topological polar surface area (TPSA) is 36.0 Å². The molecule has 0 aliphatic heterocycles. The molecule has 0 spiro atoms. The molecule has 0 radical (unpaired) electrons.